The molecular formula is C31H36N2O3. The largest absolute Gasteiger partial charge is 0.462 e. The van der Waals surface area contributed by atoms with Gasteiger partial charge in [0.1, 0.15) is 12.0 Å². The molecule has 1 aliphatic heterocycles. The number of hydrogen-bond acceptors (Lipinski definition) is 5. The zero-order chi connectivity index (χ0) is 25.6. The fraction of sp³-hybridized carbons (Fsp3) is 0.452. The highest BCUT2D eigenvalue weighted by atomic mass is 16.5. The third-order valence-corrected chi connectivity index (χ3v) is 8.14. The number of aliphatic imine (C=N–C) groups is 1. The Balaban J connectivity index is 1.56. The van der Waals surface area contributed by atoms with Crippen LogP contribution in [0.5, 0.6) is 0 Å². The first-order chi connectivity index (χ1) is 17.2. The Morgan fingerprint density at radius 3 is 2.36 bits per heavy atom. The van der Waals surface area contributed by atoms with E-state index in [9.17, 15) is 9.59 Å². The number of ketones is 1. The van der Waals surface area contributed by atoms with Crippen LogP contribution in [-0.2, 0) is 14.3 Å². The van der Waals surface area contributed by atoms with Crippen molar-refractivity contribution in [2.45, 2.75) is 84.2 Å². The number of benzene rings is 2. The van der Waals surface area contributed by atoms with Gasteiger partial charge in [-0.15, -0.1) is 0 Å². The van der Waals surface area contributed by atoms with E-state index in [1.165, 1.54) is 22.3 Å². The number of nitrogens with zero attached hydrogens (tertiary/aromatic N) is 1. The maximum atomic E-state index is 13.9. The van der Waals surface area contributed by atoms with Gasteiger partial charge in [0.05, 0.1) is 0 Å². The Morgan fingerprint density at radius 2 is 1.69 bits per heavy atom. The molecule has 2 N–H and O–H groups in total. The molecule has 0 amide bonds. The lowest BCUT2D eigenvalue weighted by Gasteiger charge is -2.37. The van der Waals surface area contributed by atoms with E-state index in [-0.39, 0.29) is 23.8 Å². The second-order valence-electron chi connectivity index (χ2n) is 10.9. The Morgan fingerprint density at radius 1 is 1.00 bits per heavy atom. The summed E-state index contributed by atoms with van der Waals surface area (Å²) in [6, 6.07) is 12.0. The van der Waals surface area contributed by atoms with Crippen molar-refractivity contribution < 1.29 is 14.3 Å². The summed E-state index contributed by atoms with van der Waals surface area (Å²) in [6.45, 7) is 8.26. The highest BCUT2D eigenvalue weighted by Gasteiger charge is 2.45. The molecule has 2 aliphatic carbocycles. The summed E-state index contributed by atoms with van der Waals surface area (Å²) in [5.74, 6) is -1.17. The Labute approximate surface area is 213 Å². The van der Waals surface area contributed by atoms with Crippen molar-refractivity contribution in [2.75, 3.05) is 5.73 Å². The van der Waals surface area contributed by atoms with E-state index in [2.05, 4.69) is 32.9 Å². The second-order valence-corrected chi connectivity index (χ2v) is 10.9. The highest BCUT2D eigenvalue weighted by Crippen LogP contribution is 2.48. The van der Waals surface area contributed by atoms with Gasteiger partial charge in [-0.2, -0.15) is 0 Å². The number of nitrogens with two attached hydrogens (primary N) is 1. The molecule has 36 heavy (non-hydrogen) atoms. The predicted octanol–water partition coefficient (Wildman–Crippen LogP) is 6.25. The summed E-state index contributed by atoms with van der Waals surface area (Å²) >= 11 is 0. The van der Waals surface area contributed by atoms with E-state index in [4.69, 9.17) is 15.5 Å². The number of ether oxygens (including phenoxy) is 1. The summed E-state index contributed by atoms with van der Waals surface area (Å²) in [5, 5.41) is 0. The minimum atomic E-state index is -0.616. The van der Waals surface area contributed by atoms with Crippen LogP contribution in [0.3, 0.4) is 0 Å². The van der Waals surface area contributed by atoms with Crippen LogP contribution in [-0.4, -0.2) is 23.6 Å². The summed E-state index contributed by atoms with van der Waals surface area (Å²) in [6.07, 6.45) is 5.04. The van der Waals surface area contributed by atoms with Gasteiger partial charge in [-0.25, -0.2) is 0 Å². The zero-order valence-corrected chi connectivity index (χ0v) is 21.8. The second kappa shape index (κ2) is 9.68. The SMILES string of the molecule is CC1=NC2=C(C(=O)CC(c3c(C)cc(C)cc3C)C2)C(c2cccc(N)c2)C1C(=O)OC1CCCC1. The average Bonchev–Trinajstić information content (AvgIpc) is 3.30. The molecule has 0 spiro atoms. The molecule has 1 saturated carbocycles. The van der Waals surface area contributed by atoms with Gasteiger partial charge in [0.2, 0.25) is 0 Å². The number of carbonyl (C=O) groups is 2. The summed E-state index contributed by atoms with van der Waals surface area (Å²) in [4.78, 5) is 32.4. The van der Waals surface area contributed by atoms with Crippen molar-refractivity contribution in [3.63, 3.8) is 0 Å². The van der Waals surface area contributed by atoms with E-state index < -0.39 is 11.8 Å². The van der Waals surface area contributed by atoms with Crippen molar-refractivity contribution in [1.82, 2.24) is 0 Å². The minimum Gasteiger partial charge on any atom is -0.462 e. The molecule has 0 bridgehead atoms. The summed E-state index contributed by atoms with van der Waals surface area (Å²) < 4.78 is 5.97. The lowest BCUT2D eigenvalue weighted by Crippen LogP contribution is -2.39. The molecule has 3 atom stereocenters. The van der Waals surface area contributed by atoms with Crippen LogP contribution in [0.25, 0.3) is 0 Å². The van der Waals surface area contributed by atoms with Gasteiger partial charge >= 0.3 is 5.97 Å². The Bertz CT molecular complexity index is 1260. The third kappa shape index (κ3) is 4.52. The van der Waals surface area contributed by atoms with E-state index >= 15 is 0 Å². The van der Waals surface area contributed by atoms with Crippen LogP contribution < -0.4 is 5.73 Å². The van der Waals surface area contributed by atoms with Gasteiger partial charge in [-0.1, -0.05) is 29.8 Å². The topological polar surface area (TPSA) is 81.8 Å². The molecule has 1 heterocycles. The molecule has 188 valence electrons. The van der Waals surface area contributed by atoms with Crippen LogP contribution in [0, 0.1) is 26.7 Å². The summed E-state index contributed by atoms with van der Waals surface area (Å²) in [5.41, 5.74) is 14.7. The van der Waals surface area contributed by atoms with Gasteiger partial charge in [-0.3, -0.25) is 14.6 Å². The molecule has 3 unspecified atom stereocenters. The van der Waals surface area contributed by atoms with Crippen LogP contribution in [0.2, 0.25) is 0 Å². The molecule has 0 radical (unpaired) electrons. The molecular weight excluding hydrogens is 448 g/mol. The molecule has 5 nitrogen and oxygen atoms in total. The molecule has 3 aliphatic rings. The molecule has 5 heteroatoms. The number of allylic oxidation sites excluding steroid dienone is 2. The fourth-order valence-electron chi connectivity index (χ4n) is 6.76. The maximum Gasteiger partial charge on any atom is 0.315 e. The van der Waals surface area contributed by atoms with E-state index in [1.807, 2.05) is 31.2 Å². The number of esters is 1. The van der Waals surface area contributed by atoms with E-state index in [1.54, 1.807) is 0 Å². The Kier molecular flexibility index (Phi) is 6.59. The van der Waals surface area contributed by atoms with Crippen LogP contribution in [0.1, 0.15) is 85.1 Å². The highest BCUT2D eigenvalue weighted by molar-refractivity contribution is 6.09. The standard InChI is InChI=1S/C31H36N2O3/c1-17-12-18(2)27(19(3)13-17)22-15-25-30(26(34)16-22)29(21-8-7-9-23(32)14-21)28(20(4)33-25)31(35)36-24-10-5-6-11-24/h7-9,12-14,22,24,28-29H,5-6,10-11,15-16,32H2,1-4H3. The lowest BCUT2D eigenvalue weighted by atomic mass is 9.68. The normalized spacial score (nSPS) is 24.5. The number of aryl methyl sites for hydroxylation is 3. The minimum absolute atomic E-state index is 0.0407. The molecule has 0 saturated heterocycles. The molecule has 2 aromatic carbocycles. The van der Waals surface area contributed by atoms with Crippen LogP contribution in [0.15, 0.2) is 52.7 Å². The van der Waals surface area contributed by atoms with Crippen molar-refractivity contribution in [3.8, 4) is 0 Å². The van der Waals surface area contributed by atoms with Gasteiger partial charge in [0.15, 0.2) is 5.78 Å². The number of nitrogen functional groups attached to an aromatic ring is 1. The average molecular weight is 485 g/mol. The van der Waals surface area contributed by atoms with Crippen LogP contribution >= 0.6 is 0 Å². The van der Waals surface area contributed by atoms with Gasteiger partial charge in [0, 0.05) is 35.0 Å². The Hall–Kier alpha value is -3.21. The predicted molar refractivity (Wildman–Crippen MR) is 143 cm³/mol. The third-order valence-electron chi connectivity index (χ3n) is 8.14. The van der Waals surface area contributed by atoms with Crippen LogP contribution in [0.4, 0.5) is 5.69 Å². The van der Waals surface area contributed by atoms with E-state index in [0.717, 1.165) is 42.7 Å². The van der Waals surface area contributed by atoms with Gasteiger partial charge in [0.25, 0.3) is 0 Å². The quantitative estimate of drug-likeness (QED) is 0.410. The van der Waals surface area contributed by atoms with Crippen molar-refractivity contribution in [1.29, 1.82) is 0 Å². The number of anilines is 1. The van der Waals surface area contributed by atoms with Gasteiger partial charge < -0.3 is 10.5 Å². The van der Waals surface area contributed by atoms with E-state index in [0.29, 0.717) is 24.1 Å². The van der Waals surface area contributed by atoms with Crippen molar-refractivity contribution >= 4 is 23.2 Å². The maximum absolute atomic E-state index is 13.9. The lowest BCUT2D eigenvalue weighted by molar-refractivity contribution is -0.151. The van der Waals surface area contributed by atoms with Gasteiger partial charge in [-0.05, 0) is 100 Å². The molecule has 0 aromatic heterocycles. The first-order valence-corrected chi connectivity index (χ1v) is 13.2. The molecule has 2 aromatic rings. The molecule has 1 fully saturated rings. The monoisotopic (exact) mass is 484 g/mol. The first-order valence-electron chi connectivity index (χ1n) is 13.2. The number of rotatable bonds is 4. The zero-order valence-electron chi connectivity index (χ0n) is 21.8. The van der Waals surface area contributed by atoms with Crippen molar-refractivity contribution in [3.05, 3.63) is 75.5 Å². The fourth-order valence-corrected chi connectivity index (χ4v) is 6.76. The first kappa shape index (κ1) is 24.5. The molecule has 5 rings (SSSR count). The summed E-state index contributed by atoms with van der Waals surface area (Å²) in [7, 11) is 0. The van der Waals surface area contributed by atoms with Crippen molar-refractivity contribution in [2.24, 2.45) is 10.9 Å². The number of Topliss-reactive ketones (excluding diaryl/α,β-unsaturated/α-hetero) is 1. The number of carbonyl (C=O) groups excluding carboxylic acids is 2. The number of hydrogen-bond donors (Lipinski definition) is 1. The smallest absolute Gasteiger partial charge is 0.315 e.